The van der Waals surface area contributed by atoms with Crippen LogP contribution in [0.15, 0.2) is 24.4 Å². The van der Waals surface area contributed by atoms with Crippen molar-refractivity contribution >= 4 is 0 Å². The number of aliphatic hydroxyl groups is 1. The molecule has 3 rings (SSSR count). The molecule has 0 saturated heterocycles. The van der Waals surface area contributed by atoms with Crippen LogP contribution in [0.4, 0.5) is 4.39 Å². The Labute approximate surface area is 116 Å². The van der Waals surface area contributed by atoms with Crippen LogP contribution in [0.5, 0.6) is 5.75 Å². The maximum atomic E-state index is 13.3. The molecule has 1 aliphatic rings. The summed E-state index contributed by atoms with van der Waals surface area (Å²) < 4.78 is 20.4. The number of hydrogen-bond acceptors (Lipinski definition) is 3. The van der Waals surface area contributed by atoms with Gasteiger partial charge in [-0.3, -0.25) is 4.68 Å². The number of ether oxygens (including phenoxy) is 1. The standard InChI is InChI=1S/C15H17FN2O2/c1-3-18-14(13(20-2)9-17-18)15(19)7-6-10-8-11(16)4-5-12(10)15/h4-5,8-9,19H,3,6-7H2,1-2H3. The van der Waals surface area contributed by atoms with Crippen LogP contribution in [0, 0.1) is 5.82 Å². The number of halogens is 1. The quantitative estimate of drug-likeness (QED) is 0.935. The van der Waals surface area contributed by atoms with E-state index in [2.05, 4.69) is 5.10 Å². The molecule has 0 spiro atoms. The molecule has 1 atom stereocenters. The van der Waals surface area contributed by atoms with Crippen molar-refractivity contribution in [1.29, 1.82) is 0 Å². The number of benzene rings is 1. The summed E-state index contributed by atoms with van der Waals surface area (Å²) in [5, 5.41) is 15.4. The number of nitrogens with zero attached hydrogens (tertiary/aromatic N) is 2. The van der Waals surface area contributed by atoms with E-state index in [4.69, 9.17) is 4.74 Å². The second-order valence-corrected chi connectivity index (χ2v) is 5.04. The zero-order valence-corrected chi connectivity index (χ0v) is 11.6. The third-order valence-electron chi connectivity index (χ3n) is 3.99. The number of aromatic nitrogens is 2. The Bertz CT molecular complexity index is 632. The van der Waals surface area contributed by atoms with Gasteiger partial charge >= 0.3 is 0 Å². The van der Waals surface area contributed by atoms with Gasteiger partial charge in [0.2, 0.25) is 0 Å². The minimum atomic E-state index is -1.17. The lowest BCUT2D eigenvalue weighted by molar-refractivity contribution is 0.0700. The van der Waals surface area contributed by atoms with Gasteiger partial charge in [0.15, 0.2) is 5.75 Å². The Balaban J connectivity index is 2.19. The molecule has 1 N–H and O–H groups in total. The van der Waals surface area contributed by atoms with Crippen molar-refractivity contribution in [3.05, 3.63) is 47.0 Å². The first-order chi connectivity index (χ1) is 9.60. The van der Waals surface area contributed by atoms with E-state index in [0.717, 1.165) is 11.1 Å². The molecule has 5 heteroatoms. The summed E-state index contributed by atoms with van der Waals surface area (Å²) in [5.41, 5.74) is 1.07. The third kappa shape index (κ3) is 1.73. The lowest BCUT2D eigenvalue weighted by atomic mass is 9.91. The number of fused-ring (bicyclic) bond motifs is 1. The maximum Gasteiger partial charge on any atom is 0.163 e. The molecule has 1 unspecified atom stereocenters. The Kier molecular flexibility index (Phi) is 3.01. The Hall–Kier alpha value is -1.88. The number of methoxy groups -OCH3 is 1. The van der Waals surface area contributed by atoms with E-state index in [-0.39, 0.29) is 5.82 Å². The van der Waals surface area contributed by atoms with E-state index < -0.39 is 5.60 Å². The number of aryl methyl sites for hydroxylation is 2. The molecule has 0 fully saturated rings. The van der Waals surface area contributed by atoms with Crippen LogP contribution >= 0.6 is 0 Å². The SMILES string of the molecule is CCn1ncc(OC)c1C1(O)CCc2cc(F)ccc21. The zero-order valence-electron chi connectivity index (χ0n) is 11.6. The average Bonchev–Trinajstić information content (AvgIpc) is 3.01. The fourth-order valence-corrected chi connectivity index (χ4v) is 3.04. The van der Waals surface area contributed by atoms with E-state index in [0.29, 0.717) is 30.8 Å². The van der Waals surface area contributed by atoms with E-state index >= 15 is 0 Å². The molecule has 1 aromatic carbocycles. The highest BCUT2D eigenvalue weighted by atomic mass is 19.1. The Morgan fingerprint density at radius 1 is 1.50 bits per heavy atom. The topological polar surface area (TPSA) is 47.3 Å². The highest BCUT2D eigenvalue weighted by Gasteiger charge is 2.43. The van der Waals surface area contributed by atoms with Crippen molar-refractivity contribution in [2.75, 3.05) is 7.11 Å². The van der Waals surface area contributed by atoms with Crippen LogP contribution in [0.1, 0.15) is 30.2 Å². The molecule has 1 heterocycles. The molecule has 1 aliphatic carbocycles. The molecular weight excluding hydrogens is 259 g/mol. The molecule has 0 radical (unpaired) electrons. The molecule has 1 aromatic heterocycles. The van der Waals surface area contributed by atoms with Crippen molar-refractivity contribution in [2.24, 2.45) is 0 Å². The predicted molar refractivity (Wildman–Crippen MR) is 72.2 cm³/mol. The van der Waals surface area contributed by atoms with Gasteiger partial charge in [-0.1, -0.05) is 6.07 Å². The second kappa shape index (κ2) is 4.59. The van der Waals surface area contributed by atoms with Crippen molar-refractivity contribution < 1.29 is 14.2 Å². The van der Waals surface area contributed by atoms with Gasteiger partial charge in [0.1, 0.15) is 17.1 Å². The summed E-state index contributed by atoms with van der Waals surface area (Å²) in [4.78, 5) is 0. The first kappa shape index (κ1) is 13.1. The van der Waals surface area contributed by atoms with Crippen LogP contribution in [0.25, 0.3) is 0 Å². The predicted octanol–water partition coefficient (Wildman–Crippen LogP) is 2.23. The minimum absolute atomic E-state index is 0.274. The number of hydrogen-bond donors (Lipinski definition) is 1. The fourth-order valence-electron chi connectivity index (χ4n) is 3.04. The molecule has 0 bridgehead atoms. The summed E-state index contributed by atoms with van der Waals surface area (Å²) >= 11 is 0. The zero-order chi connectivity index (χ0) is 14.3. The normalized spacial score (nSPS) is 21.0. The van der Waals surface area contributed by atoms with Gasteiger partial charge in [-0.2, -0.15) is 5.10 Å². The van der Waals surface area contributed by atoms with Crippen LogP contribution < -0.4 is 4.74 Å². The monoisotopic (exact) mass is 276 g/mol. The maximum absolute atomic E-state index is 13.3. The summed E-state index contributed by atoms with van der Waals surface area (Å²) in [6, 6.07) is 4.53. The van der Waals surface area contributed by atoms with Crippen molar-refractivity contribution in [3.8, 4) is 5.75 Å². The summed E-state index contributed by atoms with van der Waals surface area (Å²) in [5.74, 6) is 0.287. The highest BCUT2D eigenvalue weighted by molar-refractivity contribution is 5.47. The average molecular weight is 276 g/mol. The van der Waals surface area contributed by atoms with E-state index in [1.807, 2.05) is 6.92 Å². The van der Waals surface area contributed by atoms with Crippen molar-refractivity contribution in [3.63, 3.8) is 0 Å². The summed E-state index contributed by atoms with van der Waals surface area (Å²) in [6.07, 6.45) is 2.76. The van der Waals surface area contributed by atoms with Crippen LogP contribution in [-0.2, 0) is 18.6 Å². The molecule has 20 heavy (non-hydrogen) atoms. The van der Waals surface area contributed by atoms with Crippen LogP contribution in [0.2, 0.25) is 0 Å². The Morgan fingerprint density at radius 2 is 2.30 bits per heavy atom. The fraction of sp³-hybridized carbons (Fsp3) is 0.400. The molecule has 4 nitrogen and oxygen atoms in total. The van der Waals surface area contributed by atoms with E-state index in [1.54, 1.807) is 24.1 Å². The van der Waals surface area contributed by atoms with Crippen molar-refractivity contribution in [1.82, 2.24) is 9.78 Å². The second-order valence-electron chi connectivity index (χ2n) is 5.04. The molecule has 0 amide bonds. The van der Waals surface area contributed by atoms with E-state index in [1.165, 1.54) is 12.1 Å². The van der Waals surface area contributed by atoms with Gasteiger partial charge in [-0.25, -0.2) is 4.39 Å². The van der Waals surface area contributed by atoms with Crippen LogP contribution in [-0.4, -0.2) is 22.0 Å². The Morgan fingerprint density at radius 3 is 3.00 bits per heavy atom. The van der Waals surface area contributed by atoms with Gasteiger partial charge < -0.3 is 9.84 Å². The first-order valence-corrected chi connectivity index (χ1v) is 6.71. The highest BCUT2D eigenvalue weighted by Crippen LogP contribution is 2.45. The largest absolute Gasteiger partial charge is 0.493 e. The summed E-state index contributed by atoms with van der Waals surface area (Å²) in [6.45, 7) is 2.59. The third-order valence-corrected chi connectivity index (χ3v) is 3.99. The summed E-state index contributed by atoms with van der Waals surface area (Å²) in [7, 11) is 1.56. The van der Waals surface area contributed by atoms with Gasteiger partial charge in [0.05, 0.1) is 13.3 Å². The van der Waals surface area contributed by atoms with Gasteiger partial charge in [-0.15, -0.1) is 0 Å². The smallest absolute Gasteiger partial charge is 0.163 e. The number of rotatable bonds is 3. The minimum Gasteiger partial charge on any atom is -0.493 e. The van der Waals surface area contributed by atoms with Crippen molar-refractivity contribution in [2.45, 2.75) is 31.9 Å². The van der Waals surface area contributed by atoms with Crippen LogP contribution in [0.3, 0.4) is 0 Å². The molecule has 106 valence electrons. The molecule has 0 saturated carbocycles. The van der Waals surface area contributed by atoms with Gasteiger partial charge in [-0.05, 0) is 43.0 Å². The van der Waals surface area contributed by atoms with Gasteiger partial charge in [0, 0.05) is 6.54 Å². The van der Waals surface area contributed by atoms with Gasteiger partial charge in [0.25, 0.3) is 0 Å². The lowest BCUT2D eigenvalue weighted by Gasteiger charge is -2.26. The molecular formula is C15H17FN2O2. The lowest BCUT2D eigenvalue weighted by Crippen LogP contribution is -2.28. The molecule has 2 aromatic rings. The molecule has 0 aliphatic heterocycles. The van der Waals surface area contributed by atoms with E-state index in [9.17, 15) is 9.50 Å². The first-order valence-electron chi connectivity index (χ1n) is 6.71.